The van der Waals surface area contributed by atoms with Crippen molar-refractivity contribution in [2.45, 2.75) is 12.7 Å². The Hall–Kier alpha value is -3.47. The van der Waals surface area contributed by atoms with Gasteiger partial charge in [-0.05, 0) is 29.8 Å². The van der Waals surface area contributed by atoms with Crippen LogP contribution in [0.25, 0.3) is 0 Å². The molecular weight excluding hydrogens is 432 g/mol. The Morgan fingerprint density at radius 1 is 1.10 bits per heavy atom. The predicted molar refractivity (Wildman–Crippen MR) is 100 cm³/mol. The van der Waals surface area contributed by atoms with E-state index in [1.807, 2.05) is 0 Å². The molecule has 30 heavy (non-hydrogen) atoms. The third kappa shape index (κ3) is 4.57. The Morgan fingerprint density at radius 2 is 1.70 bits per heavy atom. The maximum atomic E-state index is 13.3. The molecule has 0 aliphatic heterocycles. The van der Waals surface area contributed by atoms with Gasteiger partial charge in [-0.1, -0.05) is 23.7 Å². The van der Waals surface area contributed by atoms with Crippen LogP contribution in [0.1, 0.15) is 11.3 Å². The Kier molecular flexibility index (Phi) is 5.74. The van der Waals surface area contributed by atoms with Gasteiger partial charge in [0.2, 0.25) is 5.95 Å². The quantitative estimate of drug-likeness (QED) is 0.350. The summed E-state index contributed by atoms with van der Waals surface area (Å²) in [6.45, 7) is -0.251. The summed E-state index contributed by atoms with van der Waals surface area (Å²) >= 11 is 5.63. The third-order valence-corrected chi connectivity index (χ3v) is 4.31. The molecule has 0 unspecified atom stereocenters. The zero-order chi connectivity index (χ0) is 22.1. The minimum Gasteiger partial charge on any atom is -0.326 e. The van der Waals surface area contributed by atoms with Gasteiger partial charge < -0.3 is 5.32 Å². The maximum absolute atomic E-state index is 13.3. The fourth-order valence-corrected chi connectivity index (χ4v) is 2.78. The maximum Gasteiger partial charge on any atom is 0.435 e. The number of nitro groups is 1. The van der Waals surface area contributed by atoms with Crippen LogP contribution in [-0.2, 0) is 12.7 Å². The first-order valence-corrected chi connectivity index (χ1v) is 8.57. The van der Waals surface area contributed by atoms with Gasteiger partial charge >= 0.3 is 6.18 Å². The standard InChI is InChI=1S/C18H11ClF4N4O3/c19-14-15(18(21,22)23)25-17(24-12-5-7-13(8-6-12)27(29)30)26(16(14)28)9-10-1-3-11(20)4-2-10/h1-8H,9H2,(H,24,25). The molecule has 0 spiro atoms. The summed E-state index contributed by atoms with van der Waals surface area (Å²) in [4.78, 5) is 26.1. The van der Waals surface area contributed by atoms with Crippen molar-refractivity contribution in [2.24, 2.45) is 0 Å². The summed E-state index contributed by atoms with van der Waals surface area (Å²) < 4.78 is 53.7. The molecule has 12 heteroatoms. The molecule has 1 N–H and O–H groups in total. The highest BCUT2D eigenvalue weighted by Crippen LogP contribution is 2.33. The number of hydrogen-bond acceptors (Lipinski definition) is 5. The van der Waals surface area contributed by atoms with Crippen LogP contribution in [0, 0.1) is 15.9 Å². The van der Waals surface area contributed by atoms with E-state index in [1.54, 1.807) is 0 Å². The van der Waals surface area contributed by atoms with Crippen molar-refractivity contribution in [3.8, 4) is 0 Å². The van der Waals surface area contributed by atoms with Gasteiger partial charge in [0.05, 0.1) is 11.5 Å². The average molecular weight is 443 g/mol. The van der Waals surface area contributed by atoms with Crippen LogP contribution in [0.4, 0.5) is 34.9 Å². The predicted octanol–water partition coefficient (Wildman–Crippen LogP) is 4.75. The van der Waals surface area contributed by atoms with E-state index in [-0.39, 0.29) is 17.9 Å². The number of benzene rings is 2. The van der Waals surface area contributed by atoms with Crippen molar-refractivity contribution in [1.82, 2.24) is 9.55 Å². The molecule has 0 amide bonds. The molecule has 0 saturated heterocycles. The summed E-state index contributed by atoms with van der Waals surface area (Å²) in [5.74, 6) is -1.02. The number of anilines is 2. The van der Waals surface area contributed by atoms with Crippen LogP contribution in [0.5, 0.6) is 0 Å². The van der Waals surface area contributed by atoms with Crippen LogP contribution in [0.2, 0.25) is 5.02 Å². The second-order valence-electron chi connectivity index (χ2n) is 6.04. The van der Waals surface area contributed by atoms with E-state index in [0.29, 0.717) is 5.56 Å². The molecule has 0 aliphatic rings. The van der Waals surface area contributed by atoms with E-state index < -0.39 is 39.1 Å². The van der Waals surface area contributed by atoms with E-state index in [2.05, 4.69) is 10.3 Å². The highest BCUT2D eigenvalue weighted by atomic mass is 35.5. The minimum absolute atomic E-state index is 0.149. The number of nitro benzene ring substituents is 1. The summed E-state index contributed by atoms with van der Waals surface area (Å²) in [6.07, 6.45) is -4.99. The molecule has 3 aromatic rings. The fraction of sp³-hybridized carbons (Fsp3) is 0.111. The van der Waals surface area contributed by atoms with Crippen molar-refractivity contribution in [3.63, 3.8) is 0 Å². The second-order valence-corrected chi connectivity index (χ2v) is 6.42. The molecule has 0 bridgehead atoms. The number of nitrogens with one attached hydrogen (secondary N) is 1. The van der Waals surface area contributed by atoms with Gasteiger partial charge in [-0.2, -0.15) is 13.2 Å². The summed E-state index contributed by atoms with van der Waals surface area (Å²) in [5, 5.41) is 12.2. The van der Waals surface area contributed by atoms with Crippen LogP contribution in [0.3, 0.4) is 0 Å². The number of alkyl halides is 3. The number of hydrogen-bond donors (Lipinski definition) is 1. The lowest BCUT2D eigenvalue weighted by Gasteiger charge is -2.17. The number of aromatic nitrogens is 2. The van der Waals surface area contributed by atoms with E-state index in [0.717, 1.165) is 28.8 Å². The molecule has 0 fully saturated rings. The van der Waals surface area contributed by atoms with Crippen molar-refractivity contribution in [2.75, 3.05) is 5.32 Å². The summed E-state index contributed by atoms with van der Waals surface area (Å²) in [7, 11) is 0. The molecule has 2 aromatic carbocycles. The molecule has 1 aromatic heterocycles. The second kappa shape index (κ2) is 8.11. The minimum atomic E-state index is -4.99. The Morgan fingerprint density at radius 3 is 2.23 bits per heavy atom. The summed E-state index contributed by atoms with van der Waals surface area (Å²) in [6, 6.07) is 9.71. The zero-order valence-corrected chi connectivity index (χ0v) is 15.5. The highest BCUT2D eigenvalue weighted by Gasteiger charge is 2.38. The van der Waals surface area contributed by atoms with E-state index in [1.165, 1.54) is 24.3 Å². The van der Waals surface area contributed by atoms with Crippen LogP contribution in [0.15, 0.2) is 53.3 Å². The Labute approximate surface area is 170 Å². The van der Waals surface area contributed by atoms with Crippen molar-refractivity contribution < 1.29 is 22.5 Å². The van der Waals surface area contributed by atoms with E-state index in [4.69, 9.17) is 11.6 Å². The molecule has 156 valence electrons. The molecule has 0 saturated carbocycles. The van der Waals surface area contributed by atoms with Gasteiger partial charge in [0.25, 0.3) is 11.2 Å². The monoisotopic (exact) mass is 442 g/mol. The number of rotatable bonds is 5. The molecule has 0 radical (unpaired) electrons. The average Bonchev–Trinajstić information content (AvgIpc) is 2.68. The van der Waals surface area contributed by atoms with Gasteiger partial charge in [0.15, 0.2) is 5.69 Å². The SMILES string of the molecule is O=c1c(Cl)c(C(F)(F)F)nc(Nc2ccc([N+](=O)[O-])cc2)n1Cc1ccc(F)cc1. The number of nitrogens with zero attached hydrogens (tertiary/aromatic N) is 3. The van der Waals surface area contributed by atoms with Gasteiger partial charge in [-0.15, -0.1) is 0 Å². The van der Waals surface area contributed by atoms with Gasteiger partial charge in [0.1, 0.15) is 10.8 Å². The van der Waals surface area contributed by atoms with Gasteiger partial charge in [-0.25, -0.2) is 9.37 Å². The molecule has 0 atom stereocenters. The van der Waals surface area contributed by atoms with Crippen molar-refractivity contribution in [1.29, 1.82) is 0 Å². The van der Waals surface area contributed by atoms with Crippen molar-refractivity contribution >= 4 is 28.9 Å². The fourth-order valence-electron chi connectivity index (χ4n) is 2.53. The lowest BCUT2D eigenvalue weighted by molar-refractivity contribution is -0.384. The largest absolute Gasteiger partial charge is 0.435 e. The van der Waals surface area contributed by atoms with Crippen molar-refractivity contribution in [3.05, 3.63) is 91.1 Å². The number of halogens is 5. The van der Waals surface area contributed by atoms with Gasteiger partial charge in [0, 0.05) is 17.8 Å². The van der Waals surface area contributed by atoms with Crippen LogP contribution >= 0.6 is 11.6 Å². The molecule has 7 nitrogen and oxygen atoms in total. The van der Waals surface area contributed by atoms with E-state index in [9.17, 15) is 32.5 Å². The zero-order valence-electron chi connectivity index (χ0n) is 14.8. The lowest BCUT2D eigenvalue weighted by atomic mass is 10.2. The Balaban J connectivity index is 2.09. The number of non-ortho nitro benzene ring substituents is 1. The van der Waals surface area contributed by atoms with E-state index >= 15 is 0 Å². The Bertz CT molecular complexity index is 1150. The first kappa shape index (κ1) is 21.2. The van der Waals surface area contributed by atoms with Crippen LogP contribution in [-0.4, -0.2) is 14.5 Å². The van der Waals surface area contributed by atoms with Crippen LogP contribution < -0.4 is 10.9 Å². The third-order valence-electron chi connectivity index (χ3n) is 3.97. The lowest BCUT2D eigenvalue weighted by Crippen LogP contribution is -2.29. The normalized spacial score (nSPS) is 11.4. The highest BCUT2D eigenvalue weighted by molar-refractivity contribution is 6.31. The molecular formula is C18H11ClF4N4O3. The molecule has 1 heterocycles. The smallest absolute Gasteiger partial charge is 0.326 e. The molecule has 3 rings (SSSR count). The summed E-state index contributed by atoms with van der Waals surface area (Å²) in [5.41, 5.74) is -2.41. The van der Waals surface area contributed by atoms with Gasteiger partial charge in [-0.3, -0.25) is 19.5 Å². The first-order chi connectivity index (χ1) is 14.1. The molecule has 0 aliphatic carbocycles. The first-order valence-electron chi connectivity index (χ1n) is 8.19. The topological polar surface area (TPSA) is 90.1 Å².